The second-order valence-electron chi connectivity index (χ2n) is 1.76. The van der Waals surface area contributed by atoms with Gasteiger partial charge in [0.2, 0.25) is 0 Å². The van der Waals surface area contributed by atoms with Gasteiger partial charge in [0.05, 0.1) is 5.56 Å². The van der Waals surface area contributed by atoms with Crippen LogP contribution in [0.15, 0.2) is 6.20 Å². The summed E-state index contributed by atoms with van der Waals surface area (Å²) in [6, 6.07) is 0. The molecule has 0 fully saturated rings. The topological polar surface area (TPSA) is 60.9 Å². The predicted octanol–water partition coefficient (Wildman–Crippen LogP) is -0.185. The van der Waals surface area contributed by atoms with Crippen molar-refractivity contribution < 1.29 is 4.79 Å². The minimum Gasteiger partial charge on any atom is -0.382 e. The molecule has 0 aliphatic rings. The standard InChI is InChI=1S/C5H7N3O/c1-8-2-4(3-9)5(6)7-8/h2-3H,1H3,(H2,6,7). The summed E-state index contributed by atoms with van der Waals surface area (Å²) in [5.41, 5.74) is 5.73. The molecule has 48 valence electrons. The summed E-state index contributed by atoms with van der Waals surface area (Å²) in [4.78, 5) is 10.1. The summed E-state index contributed by atoms with van der Waals surface area (Å²) in [5, 5.41) is 3.75. The number of aldehydes is 1. The molecule has 1 rings (SSSR count). The van der Waals surface area contributed by atoms with E-state index in [0.717, 1.165) is 0 Å². The van der Waals surface area contributed by atoms with Gasteiger partial charge in [-0.05, 0) is 0 Å². The molecule has 0 aromatic carbocycles. The van der Waals surface area contributed by atoms with Gasteiger partial charge < -0.3 is 5.73 Å². The van der Waals surface area contributed by atoms with Gasteiger partial charge in [0.25, 0.3) is 0 Å². The quantitative estimate of drug-likeness (QED) is 0.529. The number of carbonyl (C=O) groups excluding carboxylic acids is 1. The number of carbonyl (C=O) groups is 1. The largest absolute Gasteiger partial charge is 0.382 e. The Hall–Kier alpha value is -1.32. The van der Waals surface area contributed by atoms with Crippen molar-refractivity contribution >= 4 is 12.1 Å². The van der Waals surface area contributed by atoms with Gasteiger partial charge in [-0.3, -0.25) is 9.48 Å². The zero-order chi connectivity index (χ0) is 6.85. The molecule has 0 radical (unpaired) electrons. The zero-order valence-electron chi connectivity index (χ0n) is 5.03. The lowest BCUT2D eigenvalue weighted by atomic mass is 10.4. The number of aryl methyl sites for hydroxylation is 1. The van der Waals surface area contributed by atoms with E-state index < -0.39 is 0 Å². The van der Waals surface area contributed by atoms with E-state index in [4.69, 9.17) is 5.73 Å². The predicted molar refractivity (Wildman–Crippen MR) is 33.0 cm³/mol. The molecular weight excluding hydrogens is 118 g/mol. The summed E-state index contributed by atoms with van der Waals surface area (Å²) in [6.45, 7) is 0. The van der Waals surface area contributed by atoms with Crippen LogP contribution in [0, 0.1) is 0 Å². The van der Waals surface area contributed by atoms with Crippen molar-refractivity contribution in [1.29, 1.82) is 0 Å². The fourth-order valence-electron chi connectivity index (χ4n) is 0.615. The van der Waals surface area contributed by atoms with Crippen LogP contribution in [0.1, 0.15) is 10.4 Å². The minimum absolute atomic E-state index is 0.285. The molecule has 0 unspecified atom stereocenters. The van der Waals surface area contributed by atoms with Crippen molar-refractivity contribution in [2.75, 3.05) is 5.73 Å². The zero-order valence-corrected chi connectivity index (χ0v) is 5.03. The highest BCUT2D eigenvalue weighted by Gasteiger charge is 1.99. The van der Waals surface area contributed by atoms with Crippen LogP contribution in [-0.2, 0) is 7.05 Å². The van der Waals surface area contributed by atoms with Gasteiger partial charge in [0, 0.05) is 13.2 Å². The molecule has 0 atom stereocenters. The van der Waals surface area contributed by atoms with Gasteiger partial charge in [0.15, 0.2) is 12.1 Å². The van der Waals surface area contributed by atoms with Crippen LogP contribution in [0.5, 0.6) is 0 Å². The highest BCUT2D eigenvalue weighted by atomic mass is 16.1. The summed E-state index contributed by atoms with van der Waals surface area (Å²) >= 11 is 0. The smallest absolute Gasteiger partial charge is 0.156 e. The van der Waals surface area contributed by atoms with Crippen molar-refractivity contribution in [3.05, 3.63) is 11.8 Å². The van der Waals surface area contributed by atoms with E-state index in [9.17, 15) is 4.79 Å². The Bertz CT molecular complexity index is 228. The van der Waals surface area contributed by atoms with E-state index in [1.807, 2.05) is 0 Å². The van der Waals surface area contributed by atoms with Gasteiger partial charge >= 0.3 is 0 Å². The lowest BCUT2D eigenvalue weighted by Crippen LogP contribution is -1.91. The van der Waals surface area contributed by atoms with E-state index in [1.54, 1.807) is 13.2 Å². The fraction of sp³-hybridized carbons (Fsp3) is 0.200. The summed E-state index contributed by atoms with van der Waals surface area (Å²) in [6.07, 6.45) is 2.25. The van der Waals surface area contributed by atoms with Gasteiger partial charge in [-0.15, -0.1) is 0 Å². The molecule has 1 aromatic heterocycles. The van der Waals surface area contributed by atoms with E-state index >= 15 is 0 Å². The van der Waals surface area contributed by atoms with Gasteiger partial charge in [0.1, 0.15) is 0 Å². The van der Waals surface area contributed by atoms with E-state index in [1.165, 1.54) is 4.68 Å². The first-order chi connectivity index (χ1) is 4.24. The number of aromatic nitrogens is 2. The molecule has 2 N–H and O–H groups in total. The molecule has 9 heavy (non-hydrogen) atoms. The first kappa shape index (κ1) is 5.81. The van der Waals surface area contributed by atoms with E-state index in [-0.39, 0.29) is 5.82 Å². The average molecular weight is 125 g/mol. The van der Waals surface area contributed by atoms with Crippen LogP contribution in [0.3, 0.4) is 0 Å². The fourth-order valence-corrected chi connectivity index (χ4v) is 0.615. The van der Waals surface area contributed by atoms with Crippen molar-refractivity contribution in [3.63, 3.8) is 0 Å². The van der Waals surface area contributed by atoms with Crippen LogP contribution in [0.4, 0.5) is 5.82 Å². The van der Waals surface area contributed by atoms with Crippen molar-refractivity contribution in [1.82, 2.24) is 9.78 Å². The molecule has 0 amide bonds. The first-order valence-corrected chi connectivity index (χ1v) is 2.48. The van der Waals surface area contributed by atoms with Crippen molar-refractivity contribution in [3.8, 4) is 0 Å². The normalized spacial score (nSPS) is 9.44. The van der Waals surface area contributed by atoms with Gasteiger partial charge in [-0.1, -0.05) is 0 Å². The number of anilines is 1. The molecule has 1 heterocycles. The second kappa shape index (κ2) is 1.89. The molecule has 0 bridgehead atoms. The third-order valence-corrected chi connectivity index (χ3v) is 1.01. The van der Waals surface area contributed by atoms with Crippen LogP contribution >= 0.6 is 0 Å². The Kier molecular flexibility index (Phi) is 1.22. The summed E-state index contributed by atoms with van der Waals surface area (Å²) < 4.78 is 1.50. The molecule has 1 aromatic rings. The number of hydrogen-bond donors (Lipinski definition) is 1. The van der Waals surface area contributed by atoms with Crippen LogP contribution < -0.4 is 5.73 Å². The second-order valence-corrected chi connectivity index (χ2v) is 1.76. The number of hydrogen-bond acceptors (Lipinski definition) is 3. The maximum atomic E-state index is 10.1. The average Bonchev–Trinajstić information content (AvgIpc) is 2.10. The SMILES string of the molecule is Cn1cc(C=O)c(N)n1. The molecule has 0 aliphatic carbocycles. The van der Waals surface area contributed by atoms with E-state index in [0.29, 0.717) is 11.8 Å². The lowest BCUT2D eigenvalue weighted by molar-refractivity contribution is 0.112. The maximum absolute atomic E-state index is 10.1. The molecule has 0 saturated carbocycles. The van der Waals surface area contributed by atoms with Crippen molar-refractivity contribution in [2.24, 2.45) is 7.05 Å². The van der Waals surface area contributed by atoms with Crippen molar-refractivity contribution in [2.45, 2.75) is 0 Å². The Labute approximate surface area is 52.3 Å². The Balaban J connectivity index is 3.15. The highest BCUT2D eigenvalue weighted by molar-refractivity contribution is 5.80. The number of nitrogens with two attached hydrogens (primary N) is 1. The molecule has 4 heteroatoms. The molecule has 0 aliphatic heterocycles. The van der Waals surface area contributed by atoms with Crippen LogP contribution in [0.2, 0.25) is 0 Å². The van der Waals surface area contributed by atoms with Gasteiger partial charge in [-0.25, -0.2) is 0 Å². The molecule has 4 nitrogen and oxygen atoms in total. The molecule has 0 spiro atoms. The summed E-state index contributed by atoms with van der Waals surface area (Å²) in [5.74, 6) is 0.285. The number of rotatable bonds is 1. The third-order valence-electron chi connectivity index (χ3n) is 1.01. The Morgan fingerprint density at radius 2 is 2.56 bits per heavy atom. The summed E-state index contributed by atoms with van der Waals surface area (Å²) in [7, 11) is 1.71. The minimum atomic E-state index is 0.285. The van der Waals surface area contributed by atoms with Gasteiger partial charge in [-0.2, -0.15) is 5.10 Å². The van der Waals surface area contributed by atoms with E-state index in [2.05, 4.69) is 5.10 Å². The molecular formula is C5H7N3O. The monoisotopic (exact) mass is 125 g/mol. The third kappa shape index (κ3) is 0.910. The first-order valence-electron chi connectivity index (χ1n) is 2.48. The lowest BCUT2D eigenvalue weighted by Gasteiger charge is -1.80. The Morgan fingerprint density at radius 3 is 2.78 bits per heavy atom. The molecule has 0 saturated heterocycles. The number of nitrogens with zero attached hydrogens (tertiary/aromatic N) is 2. The number of nitrogen functional groups attached to an aromatic ring is 1. The highest BCUT2D eigenvalue weighted by Crippen LogP contribution is 2.02. The Morgan fingerprint density at radius 1 is 1.89 bits per heavy atom. The van der Waals surface area contributed by atoms with Crippen LogP contribution in [0.25, 0.3) is 0 Å². The maximum Gasteiger partial charge on any atom is 0.156 e. The van der Waals surface area contributed by atoms with Crippen LogP contribution in [-0.4, -0.2) is 16.1 Å².